The molecule has 51 heavy (non-hydrogen) atoms. The first-order chi connectivity index (χ1) is 24.0. The van der Waals surface area contributed by atoms with Crippen LogP contribution in [0.1, 0.15) is 36.1 Å². The van der Waals surface area contributed by atoms with E-state index in [9.17, 15) is 36.2 Å². The van der Waals surface area contributed by atoms with E-state index in [4.69, 9.17) is 9.47 Å². The van der Waals surface area contributed by atoms with Crippen molar-refractivity contribution in [1.29, 1.82) is 0 Å². The minimum absolute atomic E-state index is 0.0450. The number of likely N-dealkylation sites (N-methyl/N-ethyl adjacent to an activating group) is 2. The second-order valence-corrected chi connectivity index (χ2v) is 12.2. The Kier molecular flexibility index (Phi) is 10.8. The topological polar surface area (TPSA) is 103 Å². The summed E-state index contributed by atoms with van der Waals surface area (Å²) in [6, 6.07) is 5.00. The Labute approximate surface area is 287 Å². The zero-order chi connectivity index (χ0) is 37.3. The molecular weight excluding hydrogens is 696 g/mol. The van der Waals surface area contributed by atoms with Gasteiger partial charge in [0.25, 0.3) is 5.91 Å². The van der Waals surface area contributed by atoms with Gasteiger partial charge in [0.2, 0.25) is 5.82 Å². The standard InChI is InChI=1S/C33H34F8N6O4/c1-45(11-13-50-3)12-14-51-24-8-5-19(26(34)27(24)35)17-47-30(49)28(29(48)31(46(47)2)9-4-10-31)44-22-7-6-20(32(36,37)38)15-21(22)23-16-25(33(39,40)41)43-18-42-23/h5-8,15-16,18,44,48H,4,9-14,17H2,1-3H3. The number of nitrogens with one attached hydrogen (secondary N) is 1. The van der Waals surface area contributed by atoms with E-state index in [1.807, 2.05) is 4.90 Å². The van der Waals surface area contributed by atoms with Crippen LogP contribution in [0, 0.1) is 11.6 Å². The summed E-state index contributed by atoms with van der Waals surface area (Å²) < 4.78 is 123. The number of alkyl halides is 6. The number of hydrogen-bond acceptors (Lipinski definition) is 9. The Hall–Kier alpha value is -4.55. The number of aliphatic hydroxyl groups is 1. The van der Waals surface area contributed by atoms with Gasteiger partial charge >= 0.3 is 12.4 Å². The third-order valence-electron chi connectivity index (χ3n) is 8.98. The number of ether oxygens (including phenoxy) is 2. The monoisotopic (exact) mass is 730 g/mol. The van der Waals surface area contributed by atoms with Crippen molar-refractivity contribution in [3.8, 4) is 17.0 Å². The molecule has 18 heteroatoms. The van der Waals surface area contributed by atoms with Crippen molar-refractivity contribution in [3.05, 3.63) is 82.6 Å². The maximum atomic E-state index is 15.4. The highest BCUT2D eigenvalue weighted by atomic mass is 19.4. The molecule has 1 aliphatic carbocycles. The number of halogens is 8. The zero-order valence-electron chi connectivity index (χ0n) is 27.6. The SMILES string of the molecule is COCCN(C)CCOc1ccc(CN2C(=O)C(Nc3ccc(C(F)(F)F)cc3-c3cc(C(F)(F)F)ncn3)=C(O)C3(CCC3)N2C)c(F)c1F. The molecule has 0 unspecified atom stereocenters. The van der Waals surface area contributed by atoms with Gasteiger partial charge in [0, 0.05) is 44.1 Å². The molecule has 1 fully saturated rings. The molecular formula is C33H34F8N6O4. The van der Waals surface area contributed by atoms with Crippen LogP contribution in [0.2, 0.25) is 0 Å². The van der Waals surface area contributed by atoms with Gasteiger partial charge in [-0.2, -0.15) is 30.7 Å². The maximum Gasteiger partial charge on any atom is 0.433 e. The summed E-state index contributed by atoms with van der Waals surface area (Å²) in [7, 11) is 4.83. The highest BCUT2D eigenvalue weighted by Gasteiger charge is 2.54. The number of aliphatic hydroxyl groups excluding tert-OH is 1. The fourth-order valence-electron chi connectivity index (χ4n) is 5.82. The lowest BCUT2D eigenvalue weighted by Gasteiger charge is -2.54. The van der Waals surface area contributed by atoms with E-state index in [2.05, 4.69) is 15.3 Å². The van der Waals surface area contributed by atoms with Crippen molar-refractivity contribution in [3.63, 3.8) is 0 Å². The van der Waals surface area contributed by atoms with Gasteiger partial charge in [-0.3, -0.25) is 9.80 Å². The number of hydrazine groups is 1. The summed E-state index contributed by atoms with van der Waals surface area (Å²) in [5.41, 5.74) is -5.93. The van der Waals surface area contributed by atoms with Gasteiger partial charge in [0.15, 0.2) is 11.6 Å². The molecule has 276 valence electrons. The Morgan fingerprint density at radius 3 is 2.31 bits per heavy atom. The lowest BCUT2D eigenvalue weighted by atomic mass is 9.73. The molecule has 5 rings (SSSR count). The van der Waals surface area contributed by atoms with Crippen LogP contribution in [0.15, 0.2) is 54.2 Å². The predicted molar refractivity (Wildman–Crippen MR) is 167 cm³/mol. The lowest BCUT2D eigenvalue weighted by molar-refractivity contribution is -0.171. The van der Waals surface area contributed by atoms with Crippen LogP contribution >= 0.6 is 0 Å². The van der Waals surface area contributed by atoms with Gasteiger partial charge in [-0.15, -0.1) is 0 Å². The van der Waals surface area contributed by atoms with Crippen LogP contribution in [0.3, 0.4) is 0 Å². The molecule has 1 spiro atoms. The number of anilines is 1. The van der Waals surface area contributed by atoms with Crippen molar-refractivity contribution in [2.24, 2.45) is 0 Å². The van der Waals surface area contributed by atoms with Crippen molar-refractivity contribution in [1.82, 2.24) is 24.9 Å². The molecule has 1 saturated carbocycles. The van der Waals surface area contributed by atoms with Gasteiger partial charge in [-0.05, 0) is 56.6 Å². The van der Waals surface area contributed by atoms with E-state index in [1.54, 1.807) is 14.2 Å². The summed E-state index contributed by atoms with van der Waals surface area (Å²) in [4.78, 5) is 22.8. The first-order valence-corrected chi connectivity index (χ1v) is 15.6. The molecule has 1 aliphatic heterocycles. The van der Waals surface area contributed by atoms with E-state index in [0.29, 0.717) is 63.5 Å². The second kappa shape index (κ2) is 14.6. The van der Waals surface area contributed by atoms with Crippen LogP contribution in [0.5, 0.6) is 5.75 Å². The molecule has 0 bridgehead atoms. The predicted octanol–water partition coefficient (Wildman–Crippen LogP) is 6.41. The minimum atomic E-state index is -4.95. The first kappa shape index (κ1) is 37.7. The number of aromatic nitrogens is 2. The zero-order valence-corrected chi connectivity index (χ0v) is 27.6. The van der Waals surface area contributed by atoms with E-state index in [0.717, 1.165) is 11.1 Å². The second-order valence-electron chi connectivity index (χ2n) is 12.2. The van der Waals surface area contributed by atoms with Crippen molar-refractivity contribution < 1.29 is 54.5 Å². The smallest absolute Gasteiger partial charge is 0.433 e. The van der Waals surface area contributed by atoms with Crippen LogP contribution in [-0.4, -0.2) is 88.9 Å². The molecule has 0 atom stereocenters. The Morgan fingerprint density at radius 2 is 1.69 bits per heavy atom. The molecule has 0 radical (unpaired) electrons. The number of carbonyl (C=O) groups excluding carboxylic acids is 1. The molecule has 0 saturated heterocycles. The maximum absolute atomic E-state index is 15.4. The summed E-state index contributed by atoms with van der Waals surface area (Å²) in [5, 5.41) is 16.5. The number of nitrogens with zero attached hydrogens (tertiary/aromatic N) is 5. The number of carbonyl (C=O) groups is 1. The highest BCUT2D eigenvalue weighted by molar-refractivity contribution is 5.99. The van der Waals surface area contributed by atoms with Crippen molar-refractivity contribution in [2.75, 3.05) is 52.8 Å². The van der Waals surface area contributed by atoms with Gasteiger partial charge in [0.05, 0.1) is 29.9 Å². The van der Waals surface area contributed by atoms with Crippen LogP contribution in [0.4, 0.5) is 40.8 Å². The number of benzene rings is 2. The fourth-order valence-corrected chi connectivity index (χ4v) is 5.82. The first-order valence-electron chi connectivity index (χ1n) is 15.6. The molecule has 2 N–H and O–H groups in total. The third kappa shape index (κ3) is 7.72. The van der Waals surface area contributed by atoms with Crippen LogP contribution in [-0.2, 0) is 28.4 Å². The third-order valence-corrected chi connectivity index (χ3v) is 8.98. The highest BCUT2D eigenvalue weighted by Crippen LogP contribution is 2.47. The van der Waals surface area contributed by atoms with E-state index < -0.39 is 75.9 Å². The number of hydrogen-bond donors (Lipinski definition) is 2. The molecule has 2 aromatic carbocycles. The average molecular weight is 731 g/mol. The van der Waals surface area contributed by atoms with E-state index in [-0.39, 0.29) is 23.6 Å². The molecule has 1 aromatic heterocycles. The van der Waals surface area contributed by atoms with Gasteiger partial charge < -0.3 is 24.8 Å². The molecule has 2 aliphatic rings. The van der Waals surface area contributed by atoms with Crippen LogP contribution in [0.25, 0.3) is 11.3 Å². The van der Waals surface area contributed by atoms with Gasteiger partial charge in [-0.1, -0.05) is 6.07 Å². The quantitative estimate of drug-likeness (QED) is 0.205. The van der Waals surface area contributed by atoms with E-state index in [1.165, 1.54) is 24.2 Å². The van der Waals surface area contributed by atoms with Crippen molar-refractivity contribution >= 4 is 11.6 Å². The van der Waals surface area contributed by atoms with Gasteiger partial charge in [0.1, 0.15) is 30.1 Å². The molecule has 2 heterocycles. The van der Waals surface area contributed by atoms with Crippen LogP contribution < -0.4 is 10.1 Å². The number of amides is 1. The summed E-state index contributed by atoms with van der Waals surface area (Å²) >= 11 is 0. The van der Waals surface area contributed by atoms with Gasteiger partial charge in [-0.25, -0.2) is 19.4 Å². The Morgan fingerprint density at radius 1 is 0.980 bits per heavy atom. The minimum Gasteiger partial charge on any atom is -0.508 e. The summed E-state index contributed by atoms with van der Waals surface area (Å²) in [6.45, 7) is 0.978. The van der Waals surface area contributed by atoms with E-state index >= 15 is 8.78 Å². The Bertz CT molecular complexity index is 1800. The summed E-state index contributed by atoms with van der Waals surface area (Å²) in [6.07, 6.45) is -8.08. The fraction of sp³-hybridized carbons (Fsp3) is 0.424. The summed E-state index contributed by atoms with van der Waals surface area (Å²) in [5.74, 6) is -4.37. The molecule has 10 nitrogen and oxygen atoms in total. The number of methoxy groups -OCH3 is 1. The number of rotatable bonds is 12. The average Bonchev–Trinajstić information content (AvgIpc) is 3.05. The van der Waals surface area contributed by atoms with Crippen molar-refractivity contribution in [2.45, 2.75) is 43.7 Å². The lowest BCUT2D eigenvalue weighted by Crippen LogP contribution is -2.65. The largest absolute Gasteiger partial charge is 0.508 e. The molecule has 1 amide bonds. The molecule has 3 aromatic rings. The Balaban J connectivity index is 1.47. The normalized spacial score (nSPS) is 16.6.